The van der Waals surface area contributed by atoms with Crippen molar-refractivity contribution in [3.05, 3.63) is 0 Å². The number of unbranched alkanes of at least 4 members (excludes halogenated alkanes) is 2. The van der Waals surface area contributed by atoms with Crippen LogP contribution < -0.4 is 0 Å². The van der Waals surface area contributed by atoms with Crippen LogP contribution in [-0.4, -0.2) is 28.5 Å². The maximum atomic E-state index is 11.3. The van der Waals surface area contributed by atoms with Crippen molar-refractivity contribution in [2.45, 2.75) is 37.9 Å². The summed E-state index contributed by atoms with van der Waals surface area (Å²) < 4.78 is 0. The first-order valence-corrected chi connectivity index (χ1v) is 5.20. The molecule has 1 aliphatic heterocycles. The lowest BCUT2D eigenvalue weighted by Gasteiger charge is -2.13. The number of thiol groups is 1. The SMILES string of the molecule is CCCCCN1C(=O)CC(S)C1=O. The van der Waals surface area contributed by atoms with Crippen molar-refractivity contribution >= 4 is 24.4 Å². The average Bonchev–Trinajstić information content (AvgIpc) is 2.32. The van der Waals surface area contributed by atoms with Crippen LogP contribution in [-0.2, 0) is 9.59 Å². The number of rotatable bonds is 4. The maximum Gasteiger partial charge on any atom is 0.242 e. The van der Waals surface area contributed by atoms with Crippen LogP contribution in [0.4, 0.5) is 0 Å². The van der Waals surface area contributed by atoms with E-state index in [2.05, 4.69) is 19.6 Å². The van der Waals surface area contributed by atoms with Crippen LogP contribution in [0, 0.1) is 0 Å². The summed E-state index contributed by atoms with van der Waals surface area (Å²) in [5, 5.41) is -0.394. The van der Waals surface area contributed by atoms with E-state index in [-0.39, 0.29) is 18.2 Å². The molecule has 0 saturated carbocycles. The zero-order valence-corrected chi connectivity index (χ0v) is 8.72. The van der Waals surface area contributed by atoms with Gasteiger partial charge in [-0.3, -0.25) is 14.5 Å². The number of carbonyl (C=O) groups excluding carboxylic acids is 2. The number of hydrogen-bond acceptors (Lipinski definition) is 3. The van der Waals surface area contributed by atoms with Crippen molar-refractivity contribution in [2.24, 2.45) is 0 Å². The minimum atomic E-state index is -0.394. The summed E-state index contributed by atoms with van der Waals surface area (Å²) in [6.45, 7) is 2.66. The van der Waals surface area contributed by atoms with Crippen LogP contribution in [0.2, 0.25) is 0 Å². The Morgan fingerprint density at radius 1 is 1.46 bits per heavy atom. The highest BCUT2D eigenvalue weighted by Gasteiger charge is 2.35. The summed E-state index contributed by atoms with van der Waals surface area (Å²) in [5.41, 5.74) is 0. The first-order valence-electron chi connectivity index (χ1n) is 4.69. The Morgan fingerprint density at radius 3 is 2.62 bits per heavy atom. The number of carbonyl (C=O) groups is 2. The van der Waals surface area contributed by atoms with Crippen LogP contribution in [0.15, 0.2) is 0 Å². The van der Waals surface area contributed by atoms with E-state index in [1.54, 1.807) is 0 Å². The molecule has 4 heteroatoms. The largest absolute Gasteiger partial charge is 0.282 e. The Morgan fingerprint density at radius 2 is 2.15 bits per heavy atom. The van der Waals surface area contributed by atoms with Crippen LogP contribution in [0.25, 0.3) is 0 Å². The third kappa shape index (κ3) is 2.46. The second-order valence-corrected chi connectivity index (χ2v) is 3.93. The number of imide groups is 1. The third-order valence-corrected chi connectivity index (χ3v) is 2.61. The average molecular weight is 201 g/mol. The lowest BCUT2D eigenvalue weighted by atomic mass is 10.2. The fourth-order valence-corrected chi connectivity index (χ4v) is 1.72. The van der Waals surface area contributed by atoms with Crippen LogP contribution in [0.5, 0.6) is 0 Å². The molecule has 0 aromatic rings. The molecule has 1 atom stereocenters. The van der Waals surface area contributed by atoms with Gasteiger partial charge in [-0.25, -0.2) is 0 Å². The summed E-state index contributed by atoms with van der Waals surface area (Å²) in [4.78, 5) is 23.9. The van der Waals surface area contributed by atoms with E-state index in [0.717, 1.165) is 19.3 Å². The fraction of sp³-hybridized carbons (Fsp3) is 0.778. The van der Waals surface area contributed by atoms with E-state index < -0.39 is 5.25 Å². The minimum Gasteiger partial charge on any atom is -0.282 e. The molecule has 1 saturated heterocycles. The Hall–Kier alpha value is -0.510. The smallest absolute Gasteiger partial charge is 0.242 e. The van der Waals surface area contributed by atoms with Gasteiger partial charge in [0.2, 0.25) is 11.8 Å². The molecule has 0 N–H and O–H groups in total. The van der Waals surface area contributed by atoms with Gasteiger partial charge in [0.1, 0.15) is 0 Å². The second-order valence-electron chi connectivity index (χ2n) is 3.31. The molecule has 3 nitrogen and oxygen atoms in total. The van der Waals surface area contributed by atoms with E-state index in [1.165, 1.54) is 4.90 Å². The molecule has 1 heterocycles. The highest BCUT2D eigenvalue weighted by molar-refractivity contribution is 7.81. The van der Waals surface area contributed by atoms with E-state index >= 15 is 0 Å². The predicted octanol–water partition coefficient (Wildman–Crippen LogP) is 1.23. The van der Waals surface area contributed by atoms with Gasteiger partial charge < -0.3 is 0 Å². The van der Waals surface area contributed by atoms with Crippen molar-refractivity contribution in [3.8, 4) is 0 Å². The first-order chi connectivity index (χ1) is 6.16. The molecule has 0 radical (unpaired) electrons. The zero-order valence-electron chi connectivity index (χ0n) is 7.82. The van der Waals surface area contributed by atoms with Crippen LogP contribution in [0.1, 0.15) is 32.6 Å². The summed E-state index contributed by atoms with van der Waals surface area (Å²) in [7, 11) is 0. The quantitative estimate of drug-likeness (QED) is 0.422. The van der Waals surface area contributed by atoms with Gasteiger partial charge >= 0.3 is 0 Å². The first kappa shape index (κ1) is 10.6. The second kappa shape index (κ2) is 4.65. The number of hydrogen-bond donors (Lipinski definition) is 1. The molecule has 1 rings (SSSR count). The third-order valence-electron chi connectivity index (χ3n) is 2.21. The lowest BCUT2D eigenvalue weighted by molar-refractivity contribution is -0.138. The van der Waals surface area contributed by atoms with E-state index in [0.29, 0.717) is 6.54 Å². The standard InChI is InChI=1S/C9H15NO2S/c1-2-3-4-5-10-8(11)6-7(13)9(10)12/h7,13H,2-6H2,1H3. The summed E-state index contributed by atoms with van der Waals surface area (Å²) in [5.74, 6) is -0.189. The van der Waals surface area contributed by atoms with Gasteiger partial charge in [0, 0.05) is 13.0 Å². The molecule has 0 aliphatic carbocycles. The van der Waals surface area contributed by atoms with Gasteiger partial charge in [0.05, 0.1) is 5.25 Å². The van der Waals surface area contributed by atoms with Gasteiger partial charge in [0.25, 0.3) is 0 Å². The van der Waals surface area contributed by atoms with Crippen molar-refractivity contribution in [3.63, 3.8) is 0 Å². The maximum absolute atomic E-state index is 11.3. The Labute approximate surface area is 83.9 Å². The van der Waals surface area contributed by atoms with E-state index in [9.17, 15) is 9.59 Å². The number of likely N-dealkylation sites (tertiary alicyclic amines) is 1. The molecule has 0 spiro atoms. The molecule has 1 fully saturated rings. The van der Waals surface area contributed by atoms with Crippen molar-refractivity contribution in [2.75, 3.05) is 6.54 Å². The zero-order chi connectivity index (χ0) is 9.84. The van der Waals surface area contributed by atoms with Crippen LogP contribution in [0.3, 0.4) is 0 Å². The van der Waals surface area contributed by atoms with Crippen molar-refractivity contribution in [1.29, 1.82) is 0 Å². The van der Waals surface area contributed by atoms with Gasteiger partial charge in [0.15, 0.2) is 0 Å². The normalized spacial score (nSPS) is 22.9. The van der Waals surface area contributed by atoms with Gasteiger partial charge in [-0.15, -0.1) is 0 Å². The Balaban J connectivity index is 2.40. The highest BCUT2D eigenvalue weighted by Crippen LogP contribution is 2.18. The number of nitrogens with zero attached hydrogens (tertiary/aromatic N) is 1. The lowest BCUT2D eigenvalue weighted by Crippen LogP contribution is -2.31. The summed E-state index contributed by atoms with van der Waals surface area (Å²) in [6.07, 6.45) is 3.34. The fourth-order valence-electron chi connectivity index (χ4n) is 1.42. The minimum absolute atomic E-state index is 0.0684. The summed E-state index contributed by atoms with van der Waals surface area (Å²) >= 11 is 4.04. The summed E-state index contributed by atoms with van der Waals surface area (Å²) in [6, 6.07) is 0. The molecule has 2 amide bonds. The van der Waals surface area contributed by atoms with E-state index in [1.807, 2.05) is 0 Å². The van der Waals surface area contributed by atoms with Crippen LogP contribution >= 0.6 is 12.6 Å². The van der Waals surface area contributed by atoms with E-state index in [4.69, 9.17) is 0 Å². The molecular formula is C9H15NO2S. The van der Waals surface area contributed by atoms with Gasteiger partial charge in [-0.1, -0.05) is 19.8 Å². The molecule has 1 aliphatic rings. The van der Waals surface area contributed by atoms with Crippen molar-refractivity contribution < 1.29 is 9.59 Å². The topological polar surface area (TPSA) is 37.4 Å². The molecule has 0 aromatic carbocycles. The molecule has 0 aromatic heterocycles. The molecule has 0 bridgehead atoms. The monoisotopic (exact) mass is 201 g/mol. The Bertz CT molecular complexity index is 218. The molecule has 1 unspecified atom stereocenters. The molecule has 74 valence electrons. The number of amides is 2. The predicted molar refractivity (Wildman–Crippen MR) is 53.6 cm³/mol. The highest BCUT2D eigenvalue weighted by atomic mass is 32.1. The van der Waals surface area contributed by atoms with Gasteiger partial charge in [-0.2, -0.15) is 12.6 Å². The van der Waals surface area contributed by atoms with Crippen molar-refractivity contribution in [1.82, 2.24) is 4.90 Å². The van der Waals surface area contributed by atoms with Gasteiger partial charge in [-0.05, 0) is 6.42 Å². The Kier molecular flexibility index (Phi) is 3.78. The molecular weight excluding hydrogens is 186 g/mol. The molecule has 13 heavy (non-hydrogen) atoms.